The molecule has 2 N–H and O–H groups in total. The summed E-state index contributed by atoms with van der Waals surface area (Å²) < 4.78 is 0. The minimum Gasteiger partial charge on any atom is -0.508 e. The molecule has 0 saturated heterocycles. The van der Waals surface area contributed by atoms with Gasteiger partial charge in [0.25, 0.3) is 0 Å². The molecule has 0 aliphatic heterocycles. The summed E-state index contributed by atoms with van der Waals surface area (Å²) in [5, 5.41) is 12.8. The number of aromatic hydroxyl groups is 1. The maximum atomic E-state index is 9.51. The van der Waals surface area contributed by atoms with Crippen LogP contribution in [-0.2, 0) is 12.8 Å². The van der Waals surface area contributed by atoms with Gasteiger partial charge >= 0.3 is 0 Å². The Balaban J connectivity index is 1.73. The number of nitrogens with zero attached hydrogens (tertiary/aromatic N) is 3. The van der Waals surface area contributed by atoms with Crippen LogP contribution in [-0.4, -0.2) is 26.6 Å². The van der Waals surface area contributed by atoms with E-state index in [9.17, 15) is 5.11 Å². The molecule has 122 valence electrons. The van der Waals surface area contributed by atoms with E-state index in [4.69, 9.17) is 0 Å². The highest BCUT2D eigenvalue weighted by Crippen LogP contribution is 2.16. The topological polar surface area (TPSA) is 70.9 Å². The van der Waals surface area contributed by atoms with Gasteiger partial charge in [0.15, 0.2) is 5.82 Å². The number of nitrogens with one attached hydrogen (secondary N) is 1. The molecule has 2 heterocycles. The van der Waals surface area contributed by atoms with Crippen LogP contribution in [0.2, 0.25) is 0 Å². The Labute approximate surface area is 141 Å². The van der Waals surface area contributed by atoms with E-state index in [2.05, 4.69) is 27.2 Å². The van der Waals surface area contributed by atoms with Crippen molar-refractivity contribution in [3.05, 3.63) is 66.0 Å². The van der Waals surface area contributed by atoms with Crippen LogP contribution in [0, 0.1) is 0 Å². The second-order valence-corrected chi connectivity index (χ2v) is 5.48. The van der Waals surface area contributed by atoms with E-state index in [1.165, 1.54) is 0 Å². The van der Waals surface area contributed by atoms with Crippen LogP contribution in [0.1, 0.15) is 18.2 Å². The molecule has 0 aliphatic rings. The highest BCUT2D eigenvalue weighted by molar-refractivity contribution is 5.53. The molecule has 1 aromatic carbocycles. The van der Waals surface area contributed by atoms with Crippen molar-refractivity contribution in [3.8, 4) is 17.3 Å². The maximum absolute atomic E-state index is 9.51. The summed E-state index contributed by atoms with van der Waals surface area (Å²) in [4.78, 5) is 13.4. The third kappa shape index (κ3) is 4.07. The van der Waals surface area contributed by atoms with E-state index in [1.54, 1.807) is 18.3 Å². The highest BCUT2D eigenvalue weighted by atomic mass is 16.3. The lowest BCUT2D eigenvalue weighted by molar-refractivity contribution is 0.474. The summed E-state index contributed by atoms with van der Waals surface area (Å²) in [6, 6.07) is 15.0. The Morgan fingerprint density at radius 1 is 1.04 bits per heavy atom. The first-order valence-electron chi connectivity index (χ1n) is 8.05. The van der Waals surface area contributed by atoms with Crippen LogP contribution in [0.25, 0.3) is 11.5 Å². The van der Waals surface area contributed by atoms with Gasteiger partial charge in [0.1, 0.15) is 17.3 Å². The lowest BCUT2D eigenvalue weighted by atomic mass is 10.1. The molecule has 3 aromatic rings. The lowest BCUT2D eigenvalue weighted by Gasteiger charge is -2.09. The first-order valence-corrected chi connectivity index (χ1v) is 8.05. The molecule has 0 bridgehead atoms. The van der Waals surface area contributed by atoms with Gasteiger partial charge in [-0.25, -0.2) is 9.97 Å². The van der Waals surface area contributed by atoms with E-state index < -0.39 is 0 Å². The monoisotopic (exact) mass is 320 g/mol. The Hall–Kier alpha value is -2.95. The summed E-state index contributed by atoms with van der Waals surface area (Å²) in [7, 11) is 0. The number of aromatic nitrogens is 3. The second-order valence-electron chi connectivity index (χ2n) is 5.48. The van der Waals surface area contributed by atoms with Crippen molar-refractivity contribution >= 4 is 5.82 Å². The molecule has 0 saturated carbocycles. The third-order valence-corrected chi connectivity index (χ3v) is 3.67. The minimum absolute atomic E-state index is 0.292. The fourth-order valence-electron chi connectivity index (χ4n) is 2.43. The normalized spacial score (nSPS) is 10.5. The van der Waals surface area contributed by atoms with Crippen LogP contribution < -0.4 is 5.32 Å². The van der Waals surface area contributed by atoms with Crippen LogP contribution in [0.5, 0.6) is 5.75 Å². The van der Waals surface area contributed by atoms with Gasteiger partial charge in [-0.05, 0) is 42.7 Å². The Bertz CT molecular complexity index is 805. The molecule has 0 unspecified atom stereocenters. The number of hydrogen-bond acceptors (Lipinski definition) is 5. The number of phenolic OH excluding ortho intramolecular Hbond substituents is 1. The van der Waals surface area contributed by atoms with Crippen molar-refractivity contribution in [2.24, 2.45) is 0 Å². The van der Waals surface area contributed by atoms with Crippen LogP contribution in [0.3, 0.4) is 0 Å². The van der Waals surface area contributed by atoms with Gasteiger partial charge in [0, 0.05) is 24.5 Å². The first-order chi connectivity index (χ1) is 11.7. The van der Waals surface area contributed by atoms with E-state index >= 15 is 0 Å². The second kappa shape index (κ2) is 7.55. The molecule has 5 nitrogen and oxygen atoms in total. The van der Waals surface area contributed by atoms with Gasteiger partial charge < -0.3 is 10.4 Å². The SMILES string of the molecule is CCc1cc(NCCc2cccc(O)c2)nc(-c2ccccn2)n1. The van der Waals surface area contributed by atoms with Crippen molar-refractivity contribution < 1.29 is 5.11 Å². The van der Waals surface area contributed by atoms with E-state index in [-0.39, 0.29) is 0 Å². The van der Waals surface area contributed by atoms with Gasteiger partial charge in [-0.15, -0.1) is 0 Å². The van der Waals surface area contributed by atoms with Gasteiger partial charge in [-0.1, -0.05) is 25.1 Å². The Kier molecular flexibility index (Phi) is 5.01. The van der Waals surface area contributed by atoms with Crippen LogP contribution in [0.4, 0.5) is 5.82 Å². The molecule has 0 spiro atoms. The molecular weight excluding hydrogens is 300 g/mol. The number of benzene rings is 1. The number of aryl methyl sites for hydroxylation is 1. The molecule has 0 atom stereocenters. The van der Waals surface area contributed by atoms with Gasteiger partial charge in [-0.3, -0.25) is 4.98 Å². The van der Waals surface area contributed by atoms with Crippen molar-refractivity contribution in [2.45, 2.75) is 19.8 Å². The third-order valence-electron chi connectivity index (χ3n) is 3.67. The Morgan fingerprint density at radius 3 is 2.71 bits per heavy atom. The number of rotatable bonds is 6. The molecule has 0 radical (unpaired) electrons. The average Bonchev–Trinajstić information content (AvgIpc) is 2.62. The largest absolute Gasteiger partial charge is 0.508 e. The highest BCUT2D eigenvalue weighted by Gasteiger charge is 2.07. The molecule has 0 aliphatic carbocycles. The summed E-state index contributed by atoms with van der Waals surface area (Å²) >= 11 is 0. The summed E-state index contributed by atoms with van der Waals surface area (Å²) in [6.07, 6.45) is 3.38. The molecule has 3 rings (SSSR count). The van der Waals surface area contributed by atoms with E-state index in [0.717, 1.165) is 42.2 Å². The fraction of sp³-hybridized carbons (Fsp3) is 0.211. The van der Waals surface area contributed by atoms with Crippen molar-refractivity contribution in [1.29, 1.82) is 0 Å². The number of phenols is 1. The summed E-state index contributed by atoms with van der Waals surface area (Å²) in [6.45, 7) is 2.80. The van der Waals surface area contributed by atoms with E-state index in [0.29, 0.717) is 11.6 Å². The lowest BCUT2D eigenvalue weighted by Crippen LogP contribution is -2.08. The maximum Gasteiger partial charge on any atom is 0.180 e. The predicted molar refractivity (Wildman–Crippen MR) is 94.9 cm³/mol. The van der Waals surface area contributed by atoms with Crippen LogP contribution >= 0.6 is 0 Å². The molecule has 5 heteroatoms. The standard InChI is InChI=1S/C19H20N4O/c1-2-15-13-18(21-11-9-14-6-5-7-16(24)12-14)23-19(22-15)17-8-3-4-10-20-17/h3-8,10,12-13,24H,2,9,11H2,1H3,(H,21,22,23). The fourth-order valence-corrected chi connectivity index (χ4v) is 2.43. The first kappa shape index (κ1) is 15.9. The summed E-state index contributed by atoms with van der Waals surface area (Å²) in [5.41, 5.74) is 2.83. The van der Waals surface area contributed by atoms with Crippen LogP contribution in [0.15, 0.2) is 54.7 Å². The molecule has 24 heavy (non-hydrogen) atoms. The van der Waals surface area contributed by atoms with Gasteiger partial charge in [0.05, 0.1) is 0 Å². The smallest absolute Gasteiger partial charge is 0.180 e. The van der Waals surface area contributed by atoms with Crippen molar-refractivity contribution in [1.82, 2.24) is 15.0 Å². The van der Waals surface area contributed by atoms with Crippen molar-refractivity contribution in [3.63, 3.8) is 0 Å². The predicted octanol–water partition coefficient (Wildman–Crippen LogP) is 3.46. The zero-order chi connectivity index (χ0) is 16.8. The van der Waals surface area contributed by atoms with E-state index in [1.807, 2.05) is 36.4 Å². The molecular formula is C19H20N4O. The summed E-state index contributed by atoms with van der Waals surface area (Å²) in [5.74, 6) is 1.72. The zero-order valence-corrected chi connectivity index (χ0v) is 13.6. The van der Waals surface area contributed by atoms with Crippen molar-refractivity contribution in [2.75, 3.05) is 11.9 Å². The quantitative estimate of drug-likeness (QED) is 0.728. The number of pyridine rings is 1. The molecule has 0 fully saturated rings. The average molecular weight is 320 g/mol. The zero-order valence-electron chi connectivity index (χ0n) is 13.6. The molecule has 0 amide bonds. The van der Waals surface area contributed by atoms with Gasteiger partial charge in [-0.2, -0.15) is 0 Å². The Morgan fingerprint density at radius 2 is 1.96 bits per heavy atom. The number of hydrogen-bond donors (Lipinski definition) is 2. The minimum atomic E-state index is 0.292. The van der Waals surface area contributed by atoms with Gasteiger partial charge in [0.2, 0.25) is 0 Å². The number of anilines is 1. The molecule has 2 aromatic heterocycles.